The van der Waals surface area contributed by atoms with Gasteiger partial charge in [-0.1, -0.05) is 48.0 Å². The minimum Gasteiger partial charge on any atom is -0.497 e. The molecule has 3 aromatic carbocycles. The molecule has 4 aromatic rings. The van der Waals surface area contributed by atoms with E-state index in [1.54, 1.807) is 32.4 Å². The number of nitrogens with one attached hydrogen (secondary N) is 1. The SMILES string of the molecule is COc1ccc(CNC(=O)/C(C#N)=C/c2cn(Cc3cccc(C)c3)c3ccccc23)c(OC)c1. The molecule has 1 amide bonds. The molecule has 0 radical (unpaired) electrons. The molecule has 176 valence electrons. The highest BCUT2D eigenvalue weighted by molar-refractivity contribution is 6.04. The molecule has 0 spiro atoms. The number of nitrogens with zero attached hydrogens (tertiary/aromatic N) is 2. The van der Waals surface area contributed by atoms with Gasteiger partial charge in [0.05, 0.1) is 14.2 Å². The largest absolute Gasteiger partial charge is 0.497 e. The highest BCUT2D eigenvalue weighted by Crippen LogP contribution is 2.26. The fraction of sp³-hybridized carbons (Fsp3) is 0.172. The summed E-state index contributed by atoms with van der Waals surface area (Å²) in [7, 11) is 3.14. The number of hydrogen-bond donors (Lipinski definition) is 1. The van der Waals surface area contributed by atoms with Gasteiger partial charge in [-0.25, -0.2) is 0 Å². The number of amides is 1. The summed E-state index contributed by atoms with van der Waals surface area (Å²) in [6, 6.07) is 23.8. The predicted octanol–water partition coefficient (Wildman–Crippen LogP) is 5.24. The number of carbonyl (C=O) groups is 1. The lowest BCUT2D eigenvalue weighted by Crippen LogP contribution is -2.24. The zero-order chi connectivity index (χ0) is 24.8. The Morgan fingerprint density at radius 3 is 2.63 bits per heavy atom. The molecule has 1 N–H and O–H groups in total. The molecule has 0 saturated heterocycles. The average Bonchev–Trinajstić information content (AvgIpc) is 3.22. The van der Waals surface area contributed by atoms with E-state index in [4.69, 9.17) is 9.47 Å². The number of nitriles is 1. The molecule has 0 saturated carbocycles. The topological polar surface area (TPSA) is 76.3 Å². The first-order valence-corrected chi connectivity index (χ1v) is 11.3. The summed E-state index contributed by atoms with van der Waals surface area (Å²) in [6.07, 6.45) is 3.64. The summed E-state index contributed by atoms with van der Waals surface area (Å²) >= 11 is 0. The number of ether oxygens (including phenoxy) is 2. The molecular formula is C29H27N3O3. The minimum atomic E-state index is -0.444. The van der Waals surface area contributed by atoms with E-state index in [2.05, 4.69) is 41.1 Å². The number of aromatic nitrogens is 1. The number of fused-ring (bicyclic) bond motifs is 1. The van der Waals surface area contributed by atoms with Gasteiger partial charge in [0, 0.05) is 47.4 Å². The Kier molecular flexibility index (Phi) is 7.18. The van der Waals surface area contributed by atoms with Crippen LogP contribution in [0.2, 0.25) is 0 Å². The lowest BCUT2D eigenvalue weighted by atomic mass is 10.1. The van der Waals surface area contributed by atoms with E-state index in [1.807, 2.05) is 42.6 Å². The number of para-hydroxylation sites is 1. The maximum atomic E-state index is 12.9. The van der Waals surface area contributed by atoms with Crippen molar-refractivity contribution in [1.82, 2.24) is 9.88 Å². The number of methoxy groups -OCH3 is 2. The second-order valence-electron chi connectivity index (χ2n) is 8.25. The van der Waals surface area contributed by atoms with E-state index in [1.165, 1.54) is 11.1 Å². The third-order valence-electron chi connectivity index (χ3n) is 5.85. The summed E-state index contributed by atoms with van der Waals surface area (Å²) < 4.78 is 12.8. The third-order valence-corrected chi connectivity index (χ3v) is 5.85. The van der Waals surface area contributed by atoms with Crippen molar-refractivity contribution in [3.05, 3.63) is 101 Å². The molecule has 1 heterocycles. The Labute approximate surface area is 205 Å². The minimum absolute atomic E-state index is 0.0379. The molecule has 35 heavy (non-hydrogen) atoms. The highest BCUT2D eigenvalue weighted by atomic mass is 16.5. The number of carbonyl (C=O) groups excluding carboxylic acids is 1. The molecule has 6 heteroatoms. The van der Waals surface area contributed by atoms with Crippen molar-refractivity contribution in [2.45, 2.75) is 20.0 Å². The molecule has 0 aliphatic carbocycles. The van der Waals surface area contributed by atoms with Crippen LogP contribution in [0.4, 0.5) is 0 Å². The molecule has 1 aromatic heterocycles. The third kappa shape index (κ3) is 5.36. The molecular weight excluding hydrogens is 438 g/mol. The van der Waals surface area contributed by atoms with Crippen LogP contribution in [0.15, 0.2) is 78.5 Å². The molecule has 0 unspecified atom stereocenters. The monoisotopic (exact) mass is 465 g/mol. The van der Waals surface area contributed by atoms with Gasteiger partial charge in [-0.05, 0) is 36.8 Å². The van der Waals surface area contributed by atoms with Gasteiger partial charge in [0.25, 0.3) is 5.91 Å². The van der Waals surface area contributed by atoms with Gasteiger partial charge in [-0.3, -0.25) is 4.79 Å². The second kappa shape index (κ2) is 10.6. The van der Waals surface area contributed by atoms with Gasteiger partial charge in [0.15, 0.2) is 0 Å². The summed E-state index contributed by atoms with van der Waals surface area (Å²) in [5.41, 5.74) is 5.08. The van der Waals surface area contributed by atoms with Crippen LogP contribution < -0.4 is 14.8 Å². The summed E-state index contributed by atoms with van der Waals surface area (Å²) in [4.78, 5) is 12.9. The van der Waals surface area contributed by atoms with Gasteiger partial charge in [0.1, 0.15) is 23.1 Å². The first-order chi connectivity index (χ1) is 17.0. The first-order valence-electron chi connectivity index (χ1n) is 11.3. The molecule has 4 rings (SSSR count). The Morgan fingerprint density at radius 1 is 1.06 bits per heavy atom. The Morgan fingerprint density at radius 2 is 1.89 bits per heavy atom. The zero-order valence-corrected chi connectivity index (χ0v) is 20.0. The van der Waals surface area contributed by atoms with Crippen molar-refractivity contribution in [2.24, 2.45) is 0 Å². The standard InChI is InChI=1S/C29H27N3O3/c1-20-7-6-8-21(13-20)18-32-19-24(26-9-4-5-10-27(26)32)14-23(16-30)29(33)31-17-22-11-12-25(34-2)15-28(22)35-3/h4-15,19H,17-18H2,1-3H3,(H,31,33)/b23-14+. The molecule has 0 bridgehead atoms. The van der Waals surface area contributed by atoms with E-state index in [0.29, 0.717) is 18.0 Å². The van der Waals surface area contributed by atoms with Crippen LogP contribution in [0.1, 0.15) is 22.3 Å². The smallest absolute Gasteiger partial charge is 0.262 e. The van der Waals surface area contributed by atoms with Crippen molar-refractivity contribution >= 4 is 22.9 Å². The molecule has 6 nitrogen and oxygen atoms in total. The van der Waals surface area contributed by atoms with Crippen molar-refractivity contribution in [1.29, 1.82) is 5.26 Å². The summed E-state index contributed by atoms with van der Waals surface area (Å²) in [6.45, 7) is 2.99. The van der Waals surface area contributed by atoms with Crippen molar-refractivity contribution < 1.29 is 14.3 Å². The van der Waals surface area contributed by atoms with Gasteiger partial charge in [-0.2, -0.15) is 5.26 Å². The van der Waals surface area contributed by atoms with Gasteiger partial charge >= 0.3 is 0 Å². The lowest BCUT2D eigenvalue weighted by molar-refractivity contribution is -0.117. The van der Waals surface area contributed by atoms with Crippen LogP contribution in [0.5, 0.6) is 11.5 Å². The van der Waals surface area contributed by atoms with Crippen molar-refractivity contribution in [3.63, 3.8) is 0 Å². The molecule has 0 fully saturated rings. The number of benzene rings is 3. The van der Waals surface area contributed by atoms with Gasteiger partial charge in [0.2, 0.25) is 0 Å². The van der Waals surface area contributed by atoms with Crippen LogP contribution in [0, 0.1) is 18.3 Å². The maximum absolute atomic E-state index is 12.9. The van der Waals surface area contributed by atoms with E-state index >= 15 is 0 Å². The van der Waals surface area contributed by atoms with Crippen LogP contribution in [-0.2, 0) is 17.9 Å². The van der Waals surface area contributed by atoms with Crippen LogP contribution in [0.3, 0.4) is 0 Å². The first kappa shape index (κ1) is 23.7. The fourth-order valence-electron chi connectivity index (χ4n) is 4.10. The Balaban J connectivity index is 1.59. The van der Waals surface area contributed by atoms with Crippen LogP contribution in [0.25, 0.3) is 17.0 Å². The maximum Gasteiger partial charge on any atom is 0.262 e. The number of hydrogen-bond acceptors (Lipinski definition) is 4. The lowest BCUT2D eigenvalue weighted by Gasteiger charge is -2.11. The van der Waals surface area contributed by atoms with Crippen LogP contribution >= 0.6 is 0 Å². The quantitative estimate of drug-likeness (QED) is 0.285. The molecule has 0 aliphatic rings. The highest BCUT2D eigenvalue weighted by Gasteiger charge is 2.14. The number of aryl methyl sites for hydroxylation is 1. The van der Waals surface area contributed by atoms with E-state index < -0.39 is 5.91 Å². The zero-order valence-electron chi connectivity index (χ0n) is 20.0. The van der Waals surface area contributed by atoms with E-state index in [9.17, 15) is 10.1 Å². The molecule has 0 atom stereocenters. The Bertz CT molecular complexity index is 1440. The Hall–Kier alpha value is -4.50. The van der Waals surface area contributed by atoms with E-state index in [-0.39, 0.29) is 12.1 Å². The van der Waals surface area contributed by atoms with Crippen LogP contribution in [-0.4, -0.2) is 24.7 Å². The predicted molar refractivity (Wildman–Crippen MR) is 137 cm³/mol. The fourth-order valence-corrected chi connectivity index (χ4v) is 4.10. The molecule has 0 aliphatic heterocycles. The van der Waals surface area contributed by atoms with Gasteiger partial charge < -0.3 is 19.4 Å². The normalized spacial score (nSPS) is 11.2. The van der Waals surface area contributed by atoms with Gasteiger partial charge in [-0.15, -0.1) is 0 Å². The number of rotatable bonds is 8. The van der Waals surface area contributed by atoms with Crippen molar-refractivity contribution in [3.8, 4) is 17.6 Å². The summed E-state index contributed by atoms with van der Waals surface area (Å²) in [5.74, 6) is 0.823. The average molecular weight is 466 g/mol. The second-order valence-corrected chi connectivity index (χ2v) is 8.25. The van der Waals surface area contributed by atoms with E-state index in [0.717, 1.165) is 22.0 Å². The summed E-state index contributed by atoms with van der Waals surface area (Å²) in [5, 5.41) is 13.6. The van der Waals surface area contributed by atoms with Crippen molar-refractivity contribution in [2.75, 3.05) is 14.2 Å².